The predicted molar refractivity (Wildman–Crippen MR) is 125 cm³/mol. The second kappa shape index (κ2) is 12.0. The molecule has 0 atom stereocenters. The van der Waals surface area contributed by atoms with Gasteiger partial charge in [0.25, 0.3) is 0 Å². The fraction of sp³-hybridized carbons (Fsp3) is 0.273. The predicted octanol–water partition coefficient (Wildman–Crippen LogP) is 4.97. The summed E-state index contributed by atoms with van der Waals surface area (Å²) in [6.07, 6.45) is -0.00497. The summed E-state index contributed by atoms with van der Waals surface area (Å²) >= 11 is 13.9. The van der Waals surface area contributed by atoms with Gasteiger partial charge in [-0.2, -0.15) is 0 Å². The molecule has 1 amide bonds. The number of nitrogens with one attached hydrogen (secondary N) is 1. The van der Waals surface area contributed by atoms with Crippen LogP contribution in [0.5, 0.6) is 0 Å². The lowest BCUT2D eigenvalue weighted by molar-refractivity contribution is -0.144. The van der Waals surface area contributed by atoms with Crippen LogP contribution in [-0.4, -0.2) is 33.2 Å². The third kappa shape index (κ3) is 7.18. The number of hydrogen-bond donors (Lipinski definition) is 1. The van der Waals surface area contributed by atoms with Crippen molar-refractivity contribution in [1.29, 1.82) is 0 Å². The lowest BCUT2D eigenvalue weighted by Crippen LogP contribution is -2.25. The highest BCUT2D eigenvalue weighted by Gasteiger charge is 2.18. The number of halogens is 3. The van der Waals surface area contributed by atoms with Gasteiger partial charge in [-0.25, -0.2) is 4.39 Å². The minimum absolute atomic E-state index is 0.000839. The Morgan fingerprint density at radius 2 is 1.88 bits per heavy atom. The molecule has 0 saturated carbocycles. The Balaban J connectivity index is 1.77. The average molecular weight is 511 g/mol. The number of carbonyl (C=O) groups excluding carboxylic acids is 2. The quantitative estimate of drug-likeness (QED) is 0.306. The van der Waals surface area contributed by atoms with E-state index in [-0.39, 0.29) is 37.7 Å². The van der Waals surface area contributed by atoms with Crippen LogP contribution < -0.4 is 5.32 Å². The van der Waals surface area contributed by atoms with Crippen molar-refractivity contribution in [3.63, 3.8) is 0 Å². The molecule has 0 aliphatic rings. The first-order chi connectivity index (χ1) is 15.9. The number of ether oxygens (including phenoxy) is 1. The molecular weight excluding hydrogens is 490 g/mol. The minimum Gasteiger partial charge on any atom is -0.466 e. The van der Waals surface area contributed by atoms with Crippen LogP contribution in [0, 0.1) is 5.82 Å². The molecule has 0 fully saturated rings. The van der Waals surface area contributed by atoms with Crippen LogP contribution >= 0.6 is 35.0 Å². The van der Waals surface area contributed by atoms with Gasteiger partial charge in [0, 0.05) is 17.2 Å². The molecule has 7 nitrogen and oxygen atoms in total. The fourth-order valence-electron chi connectivity index (χ4n) is 2.86. The summed E-state index contributed by atoms with van der Waals surface area (Å²) in [6.45, 7) is 2.05. The van der Waals surface area contributed by atoms with Crippen molar-refractivity contribution in [2.45, 2.75) is 37.2 Å². The second-order valence-corrected chi connectivity index (χ2v) is 8.61. The van der Waals surface area contributed by atoms with Crippen LogP contribution in [0.2, 0.25) is 10.0 Å². The van der Waals surface area contributed by atoms with Crippen LogP contribution in [0.25, 0.3) is 5.69 Å². The van der Waals surface area contributed by atoms with E-state index in [0.717, 1.165) is 5.56 Å². The van der Waals surface area contributed by atoms with Gasteiger partial charge in [0.05, 0.1) is 30.3 Å². The standard InChI is InChI=1S/C22H21Cl2FN4O3S/c1-2-32-21(31)10-9-20(30)26-12-19-27-28-22(33-13-14-3-6-16(25)7-4-14)29(19)18-8-5-15(23)11-17(18)24/h3-8,11H,2,9-10,12-13H2,1H3,(H,26,30). The monoisotopic (exact) mass is 510 g/mol. The van der Waals surface area contributed by atoms with Gasteiger partial charge in [-0.1, -0.05) is 47.1 Å². The molecule has 0 bridgehead atoms. The van der Waals surface area contributed by atoms with Crippen molar-refractivity contribution in [3.05, 3.63) is 69.7 Å². The molecule has 0 radical (unpaired) electrons. The molecular formula is C22H21Cl2FN4O3S. The number of nitrogens with zero attached hydrogens (tertiary/aromatic N) is 3. The van der Waals surface area contributed by atoms with Crippen LogP contribution in [0.1, 0.15) is 31.2 Å². The van der Waals surface area contributed by atoms with Crippen molar-refractivity contribution >= 4 is 46.8 Å². The topological polar surface area (TPSA) is 86.1 Å². The third-order valence-corrected chi connectivity index (χ3v) is 5.98. The minimum atomic E-state index is -0.428. The van der Waals surface area contributed by atoms with Crippen LogP contribution in [0.15, 0.2) is 47.6 Å². The van der Waals surface area contributed by atoms with Gasteiger partial charge < -0.3 is 10.1 Å². The van der Waals surface area contributed by atoms with Crippen LogP contribution in [0.3, 0.4) is 0 Å². The normalized spacial score (nSPS) is 10.8. The van der Waals surface area contributed by atoms with E-state index in [2.05, 4.69) is 15.5 Å². The fourth-order valence-corrected chi connectivity index (χ4v) is 4.27. The number of aromatic nitrogens is 3. The number of thioether (sulfide) groups is 1. The van der Waals surface area contributed by atoms with Gasteiger partial charge in [-0.3, -0.25) is 14.2 Å². The van der Waals surface area contributed by atoms with Crippen molar-refractivity contribution in [2.75, 3.05) is 6.61 Å². The average Bonchev–Trinajstić information content (AvgIpc) is 3.18. The van der Waals surface area contributed by atoms with Gasteiger partial charge in [0.15, 0.2) is 11.0 Å². The summed E-state index contributed by atoms with van der Waals surface area (Å²) in [4.78, 5) is 23.6. The first kappa shape index (κ1) is 25.0. The van der Waals surface area contributed by atoms with Gasteiger partial charge in [-0.15, -0.1) is 10.2 Å². The molecule has 1 aromatic heterocycles. The lowest BCUT2D eigenvalue weighted by Gasteiger charge is -2.13. The molecule has 0 saturated heterocycles. The summed E-state index contributed by atoms with van der Waals surface area (Å²) in [5.41, 5.74) is 1.51. The molecule has 0 unspecified atom stereocenters. The summed E-state index contributed by atoms with van der Waals surface area (Å²) in [7, 11) is 0. The maximum atomic E-state index is 13.2. The van der Waals surface area contributed by atoms with E-state index in [0.29, 0.717) is 32.5 Å². The van der Waals surface area contributed by atoms with Crippen LogP contribution in [0.4, 0.5) is 4.39 Å². The third-order valence-electron chi connectivity index (χ3n) is 4.44. The number of benzene rings is 2. The van der Waals surface area contributed by atoms with E-state index in [9.17, 15) is 14.0 Å². The van der Waals surface area contributed by atoms with Gasteiger partial charge in [-0.05, 0) is 42.8 Å². The SMILES string of the molecule is CCOC(=O)CCC(=O)NCc1nnc(SCc2ccc(F)cc2)n1-c1ccc(Cl)cc1Cl. The molecule has 3 rings (SSSR count). The Morgan fingerprint density at radius 3 is 2.58 bits per heavy atom. The summed E-state index contributed by atoms with van der Waals surface area (Å²) < 4.78 is 19.8. The number of amides is 1. The Morgan fingerprint density at radius 1 is 1.12 bits per heavy atom. The Bertz CT molecular complexity index is 1130. The first-order valence-corrected chi connectivity index (χ1v) is 11.8. The van der Waals surface area contributed by atoms with Crippen molar-refractivity contribution in [2.24, 2.45) is 0 Å². The van der Waals surface area contributed by atoms with E-state index in [1.54, 1.807) is 41.8 Å². The molecule has 0 aliphatic heterocycles. The van der Waals surface area contributed by atoms with Gasteiger partial charge in [0.1, 0.15) is 5.82 Å². The molecule has 3 aromatic rings. The number of carbonyl (C=O) groups is 2. The summed E-state index contributed by atoms with van der Waals surface area (Å²) in [5.74, 6) is -0.0788. The van der Waals surface area contributed by atoms with Gasteiger partial charge >= 0.3 is 5.97 Å². The molecule has 0 spiro atoms. The molecule has 2 aromatic carbocycles. The molecule has 174 valence electrons. The lowest BCUT2D eigenvalue weighted by atomic mass is 10.2. The van der Waals surface area contributed by atoms with Crippen molar-refractivity contribution in [3.8, 4) is 5.69 Å². The summed E-state index contributed by atoms with van der Waals surface area (Å²) in [5, 5.41) is 12.6. The Hall–Kier alpha value is -2.62. The van der Waals surface area contributed by atoms with Crippen molar-refractivity contribution in [1.82, 2.24) is 20.1 Å². The van der Waals surface area contributed by atoms with Crippen LogP contribution in [-0.2, 0) is 26.6 Å². The number of esters is 1. The van der Waals surface area contributed by atoms with E-state index in [1.807, 2.05) is 0 Å². The van der Waals surface area contributed by atoms with E-state index in [1.165, 1.54) is 23.9 Å². The Labute approximate surface area is 204 Å². The second-order valence-electron chi connectivity index (χ2n) is 6.83. The zero-order valence-electron chi connectivity index (χ0n) is 17.7. The molecule has 33 heavy (non-hydrogen) atoms. The first-order valence-electron chi connectivity index (χ1n) is 10.1. The zero-order valence-corrected chi connectivity index (χ0v) is 20.0. The highest BCUT2D eigenvalue weighted by Crippen LogP contribution is 2.30. The molecule has 1 heterocycles. The molecule has 0 aliphatic carbocycles. The van der Waals surface area contributed by atoms with E-state index < -0.39 is 5.97 Å². The zero-order chi connectivity index (χ0) is 23.8. The highest BCUT2D eigenvalue weighted by atomic mass is 35.5. The molecule has 1 N–H and O–H groups in total. The van der Waals surface area contributed by atoms with Gasteiger partial charge in [0.2, 0.25) is 5.91 Å². The largest absolute Gasteiger partial charge is 0.466 e. The Kier molecular flexibility index (Phi) is 9.11. The van der Waals surface area contributed by atoms with Crippen molar-refractivity contribution < 1.29 is 18.7 Å². The number of hydrogen-bond acceptors (Lipinski definition) is 6. The molecule has 11 heteroatoms. The smallest absolute Gasteiger partial charge is 0.306 e. The van der Waals surface area contributed by atoms with E-state index in [4.69, 9.17) is 27.9 Å². The maximum Gasteiger partial charge on any atom is 0.306 e. The summed E-state index contributed by atoms with van der Waals surface area (Å²) in [6, 6.07) is 11.2. The maximum absolute atomic E-state index is 13.2. The highest BCUT2D eigenvalue weighted by molar-refractivity contribution is 7.98. The van der Waals surface area contributed by atoms with E-state index >= 15 is 0 Å². The number of rotatable bonds is 10.